The molecule has 1 aromatic heterocycles. The van der Waals surface area contributed by atoms with E-state index in [-0.39, 0.29) is 30.0 Å². The normalized spacial score (nSPS) is 17.5. The number of carbonyl (C=O) groups excluding carboxylic acids is 2. The van der Waals surface area contributed by atoms with Crippen molar-refractivity contribution in [2.75, 3.05) is 19.6 Å². The number of fused-ring (bicyclic) bond motifs is 1. The molecule has 6 heteroatoms. The minimum absolute atomic E-state index is 0.00764. The summed E-state index contributed by atoms with van der Waals surface area (Å²) in [6, 6.07) is 15.9. The molecule has 1 aliphatic heterocycles. The Kier molecular flexibility index (Phi) is 6.02. The monoisotopic (exact) mass is 462 g/mol. The first kappa shape index (κ1) is 21.8. The predicted molar refractivity (Wildman–Crippen MR) is 128 cm³/mol. The number of thiophene rings is 1. The van der Waals surface area contributed by atoms with Crippen LogP contribution in [0.15, 0.2) is 60.0 Å². The molecule has 170 valence electrons. The highest BCUT2D eigenvalue weighted by atomic mass is 32.1. The Labute approximate surface area is 197 Å². The lowest BCUT2D eigenvalue weighted by molar-refractivity contribution is -0.134. The van der Waals surface area contributed by atoms with Crippen LogP contribution in [0.3, 0.4) is 0 Å². The molecule has 0 N–H and O–H groups in total. The van der Waals surface area contributed by atoms with Gasteiger partial charge in [-0.3, -0.25) is 9.59 Å². The van der Waals surface area contributed by atoms with Gasteiger partial charge in [-0.05, 0) is 78.4 Å². The maximum Gasteiger partial charge on any atom is 0.254 e. The van der Waals surface area contributed by atoms with Gasteiger partial charge in [-0.2, -0.15) is 0 Å². The summed E-state index contributed by atoms with van der Waals surface area (Å²) in [4.78, 5) is 31.8. The van der Waals surface area contributed by atoms with Crippen molar-refractivity contribution in [3.63, 3.8) is 0 Å². The smallest absolute Gasteiger partial charge is 0.254 e. The molecule has 2 amide bonds. The molecular formula is C27H27FN2O2S. The Morgan fingerprint density at radius 3 is 2.67 bits per heavy atom. The third-order valence-electron chi connectivity index (χ3n) is 6.63. The molecular weight excluding hydrogens is 435 g/mol. The van der Waals surface area contributed by atoms with Crippen molar-refractivity contribution in [3.05, 3.63) is 92.9 Å². The van der Waals surface area contributed by atoms with Gasteiger partial charge in [-0.25, -0.2) is 4.39 Å². The fourth-order valence-corrected chi connectivity index (χ4v) is 5.61. The van der Waals surface area contributed by atoms with E-state index in [2.05, 4.69) is 30.5 Å². The number of carbonyl (C=O) groups is 2. The molecule has 0 bridgehead atoms. The number of halogens is 1. The molecule has 0 spiro atoms. The Morgan fingerprint density at radius 2 is 1.91 bits per heavy atom. The Bertz CT molecular complexity index is 1190. The van der Waals surface area contributed by atoms with E-state index in [9.17, 15) is 14.0 Å². The van der Waals surface area contributed by atoms with Crippen LogP contribution in [0.5, 0.6) is 0 Å². The molecule has 2 aliphatic rings. The number of hydrogen-bond acceptors (Lipinski definition) is 3. The van der Waals surface area contributed by atoms with Crippen LogP contribution in [-0.2, 0) is 11.2 Å². The first-order chi connectivity index (χ1) is 16.0. The number of rotatable bonds is 6. The summed E-state index contributed by atoms with van der Waals surface area (Å²) in [6.45, 7) is 3.24. The molecule has 3 aromatic rings. The Balaban J connectivity index is 1.43. The topological polar surface area (TPSA) is 40.6 Å². The summed E-state index contributed by atoms with van der Waals surface area (Å²) in [7, 11) is 0. The second-order valence-corrected chi connectivity index (χ2v) is 10.0. The number of aryl methyl sites for hydroxylation is 1. The van der Waals surface area contributed by atoms with E-state index in [1.165, 1.54) is 28.6 Å². The fraction of sp³-hybridized carbons (Fsp3) is 0.333. The van der Waals surface area contributed by atoms with Gasteiger partial charge in [-0.1, -0.05) is 30.3 Å². The summed E-state index contributed by atoms with van der Waals surface area (Å²) in [5, 5.41) is 2.09. The van der Waals surface area contributed by atoms with Crippen molar-refractivity contribution >= 4 is 23.2 Å². The van der Waals surface area contributed by atoms with Crippen molar-refractivity contribution in [1.29, 1.82) is 0 Å². The fourth-order valence-electron chi connectivity index (χ4n) is 4.70. The SMILES string of the molecule is Cc1ccccc1C1c2ccsc2CCN1C(=O)CN(CC1CC1)C(=O)c1cccc(F)c1. The molecule has 33 heavy (non-hydrogen) atoms. The number of benzene rings is 2. The van der Waals surface area contributed by atoms with Gasteiger partial charge in [0.2, 0.25) is 5.91 Å². The van der Waals surface area contributed by atoms with Crippen molar-refractivity contribution in [1.82, 2.24) is 9.80 Å². The van der Waals surface area contributed by atoms with Crippen LogP contribution in [0.2, 0.25) is 0 Å². The average molecular weight is 463 g/mol. The van der Waals surface area contributed by atoms with Gasteiger partial charge >= 0.3 is 0 Å². The zero-order valence-corrected chi connectivity index (χ0v) is 19.5. The second kappa shape index (κ2) is 9.10. The van der Waals surface area contributed by atoms with Crippen LogP contribution in [0, 0.1) is 18.7 Å². The summed E-state index contributed by atoms with van der Waals surface area (Å²) in [5.41, 5.74) is 3.73. The van der Waals surface area contributed by atoms with E-state index >= 15 is 0 Å². The minimum atomic E-state index is -0.445. The highest BCUT2D eigenvalue weighted by molar-refractivity contribution is 7.10. The number of hydrogen-bond donors (Lipinski definition) is 0. The van der Waals surface area contributed by atoms with Crippen LogP contribution in [0.1, 0.15) is 50.8 Å². The van der Waals surface area contributed by atoms with Gasteiger partial charge in [0.05, 0.1) is 6.04 Å². The summed E-state index contributed by atoms with van der Waals surface area (Å²) < 4.78 is 13.8. The van der Waals surface area contributed by atoms with Gasteiger partial charge in [0.1, 0.15) is 12.4 Å². The number of nitrogens with zero attached hydrogens (tertiary/aromatic N) is 2. The zero-order chi connectivity index (χ0) is 22.9. The van der Waals surface area contributed by atoms with Crippen molar-refractivity contribution in [3.8, 4) is 0 Å². The Hall–Kier alpha value is -2.99. The first-order valence-electron chi connectivity index (χ1n) is 11.5. The highest BCUT2D eigenvalue weighted by Gasteiger charge is 2.36. The van der Waals surface area contributed by atoms with E-state index in [1.54, 1.807) is 22.3 Å². The van der Waals surface area contributed by atoms with Crippen LogP contribution < -0.4 is 0 Å². The van der Waals surface area contributed by atoms with Crippen molar-refractivity contribution in [2.45, 2.75) is 32.2 Å². The van der Waals surface area contributed by atoms with E-state index < -0.39 is 5.82 Å². The third kappa shape index (κ3) is 4.58. The quantitative estimate of drug-likeness (QED) is 0.504. The summed E-state index contributed by atoms with van der Waals surface area (Å²) in [5.74, 6) is -0.368. The molecule has 1 atom stereocenters. The molecule has 0 radical (unpaired) electrons. The molecule has 4 nitrogen and oxygen atoms in total. The largest absolute Gasteiger partial charge is 0.330 e. The predicted octanol–water partition coefficient (Wildman–Crippen LogP) is 5.22. The lowest BCUT2D eigenvalue weighted by atomic mass is 9.90. The van der Waals surface area contributed by atoms with Gasteiger partial charge in [0.15, 0.2) is 0 Å². The maximum absolute atomic E-state index is 13.8. The summed E-state index contributed by atoms with van der Waals surface area (Å²) >= 11 is 1.74. The molecule has 5 rings (SSSR count). The van der Waals surface area contributed by atoms with Crippen molar-refractivity contribution < 1.29 is 14.0 Å². The lowest BCUT2D eigenvalue weighted by Gasteiger charge is -2.38. The van der Waals surface area contributed by atoms with Crippen LogP contribution in [0.25, 0.3) is 0 Å². The van der Waals surface area contributed by atoms with Gasteiger partial charge in [0, 0.05) is 23.5 Å². The van der Waals surface area contributed by atoms with Crippen molar-refractivity contribution in [2.24, 2.45) is 5.92 Å². The molecule has 1 saturated carbocycles. The maximum atomic E-state index is 13.8. The molecule has 2 aromatic carbocycles. The highest BCUT2D eigenvalue weighted by Crippen LogP contribution is 2.39. The molecule has 2 heterocycles. The van der Waals surface area contributed by atoms with E-state index in [0.717, 1.165) is 30.4 Å². The van der Waals surface area contributed by atoms with Gasteiger partial charge in [0.25, 0.3) is 5.91 Å². The van der Waals surface area contributed by atoms with Gasteiger partial charge < -0.3 is 9.80 Å². The minimum Gasteiger partial charge on any atom is -0.330 e. The van der Waals surface area contributed by atoms with E-state index in [4.69, 9.17) is 0 Å². The van der Waals surface area contributed by atoms with E-state index in [0.29, 0.717) is 19.0 Å². The molecule has 1 fully saturated rings. The Morgan fingerprint density at radius 1 is 1.09 bits per heavy atom. The second-order valence-electron chi connectivity index (χ2n) is 9.03. The average Bonchev–Trinajstić information content (AvgIpc) is 3.50. The van der Waals surface area contributed by atoms with E-state index in [1.807, 2.05) is 17.0 Å². The summed E-state index contributed by atoms with van der Waals surface area (Å²) in [6.07, 6.45) is 2.95. The van der Waals surface area contributed by atoms with Crippen LogP contribution in [0.4, 0.5) is 4.39 Å². The zero-order valence-electron chi connectivity index (χ0n) is 18.7. The lowest BCUT2D eigenvalue weighted by Crippen LogP contribution is -2.47. The van der Waals surface area contributed by atoms with Gasteiger partial charge in [-0.15, -0.1) is 11.3 Å². The third-order valence-corrected chi connectivity index (χ3v) is 7.63. The molecule has 0 saturated heterocycles. The first-order valence-corrected chi connectivity index (χ1v) is 12.4. The van der Waals surface area contributed by atoms with Crippen LogP contribution in [-0.4, -0.2) is 41.2 Å². The van der Waals surface area contributed by atoms with Crippen LogP contribution >= 0.6 is 11.3 Å². The standard InChI is InChI=1S/C27H27FN2O2S/c1-18-5-2-3-8-22(18)26-23-12-14-33-24(23)11-13-30(26)25(31)17-29(16-19-9-10-19)27(32)20-6-4-7-21(28)15-20/h2-8,12,14-15,19,26H,9-11,13,16-17H2,1H3. The molecule has 1 unspecified atom stereocenters. The number of amides is 2. The molecule has 1 aliphatic carbocycles.